The molecule has 192 valence electrons. The van der Waals surface area contributed by atoms with Gasteiger partial charge in [-0.25, -0.2) is 4.79 Å². The molecule has 8 heteroatoms. The molecule has 1 aromatic carbocycles. The van der Waals surface area contributed by atoms with Crippen molar-refractivity contribution < 1.29 is 24.2 Å². The van der Waals surface area contributed by atoms with Gasteiger partial charge in [0, 0.05) is 11.6 Å². The Bertz CT molecular complexity index is 850. The molecular weight excluding hydrogens is 434 g/mol. The zero-order valence-electron chi connectivity index (χ0n) is 22.4. The van der Waals surface area contributed by atoms with Crippen LogP contribution in [0.4, 0.5) is 4.79 Å². The lowest BCUT2D eigenvalue weighted by atomic mass is 9.91. The van der Waals surface area contributed by atoms with Crippen LogP contribution in [-0.4, -0.2) is 57.7 Å². The normalized spacial score (nSPS) is 14.6. The largest absolute Gasteiger partial charge is 0.444 e. The Kier molecular flexibility index (Phi) is 10.1. The molecule has 0 aromatic heterocycles. The summed E-state index contributed by atoms with van der Waals surface area (Å²) in [6, 6.07) is 3.15. The number of nitrogens with one attached hydrogen (secondary N) is 2. The van der Waals surface area contributed by atoms with E-state index >= 15 is 0 Å². The Balaban J connectivity index is 3.58. The van der Waals surface area contributed by atoms with E-state index < -0.39 is 41.8 Å². The molecule has 0 saturated carbocycles. The molecule has 0 bridgehead atoms. The quantitative estimate of drug-likeness (QED) is 0.528. The standard InChI is InChI=1S/C26H43N3O5/c1-11-18(4)29(23(32)19(15-30)27-24(33)34-26(8,9)10)21(22(31)28-25(5,6)7)20-16(2)13-12-14-17(20)3/h12-14,18-19,21,30H,11,15H2,1-10H3,(H,27,33)(H,28,31). The van der Waals surface area contributed by atoms with Crippen molar-refractivity contribution in [2.24, 2.45) is 0 Å². The monoisotopic (exact) mass is 477 g/mol. The van der Waals surface area contributed by atoms with Gasteiger partial charge in [0.05, 0.1) is 6.61 Å². The Labute approximate surface area is 204 Å². The fourth-order valence-corrected chi connectivity index (χ4v) is 3.70. The molecule has 0 spiro atoms. The van der Waals surface area contributed by atoms with E-state index in [9.17, 15) is 19.5 Å². The van der Waals surface area contributed by atoms with Crippen molar-refractivity contribution >= 4 is 17.9 Å². The number of alkyl carbamates (subject to hydrolysis) is 1. The molecule has 0 aliphatic carbocycles. The molecule has 1 aromatic rings. The summed E-state index contributed by atoms with van der Waals surface area (Å²) in [6.07, 6.45) is -0.243. The van der Waals surface area contributed by atoms with E-state index in [1.807, 2.05) is 66.7 Å². The number of carbonyl (C=O) groups excluding carboxylic acids is 3. The smallest absolute Gasteiger partial charge is 0.408 e. The van der Waals surface area contributed by atoms with Gasteiger partial charge >= 0.3 is 6.09 Å². The minimum absolute atomic E-state index is 0.326. The van der Waals surface area contributed by atoms with Crippen LogP contribution in [0.1, 0.15) is 84.5 Å². The van der Waals surface area contributed by atoms with Gasteiger partial charge in [-0.1, -0.05) is 25.1 Å². The first-order chi connectivity index (χ1) is 15.5. The first-order valence-electron chi connectivity index (χ1n) is 11.8. The topological polar surface area (TPSA) is 108 Å². The molecule has 3 N–H and O–H groups in total. The molecule has 3 atom stereocenters. The number of carbonyl (C=O) groups is 3. The van der Waals surface area contributed by atoms with E-state index in [4.69, 9.17) is 4.74 Å². The van der Waals surface area contributed by atoms with Crippen LogP contribution in [0.15, 0.2) is 18.2 Å². The lowest BCUT2D eigenvalue weighted by molar-refractivity contribution is -0.146. The van der Waals surface area contributed by atoms with Crippen LogP contribution < -0.4 is 10.6 Å². The van der Waals surface area contributed by atoms with E-state index in [0.29, 0.717) is 6.42 Å². The van der Waals surface area contributed by atoms with Gasteiger partial charge in [-0.15, -0.1) is 0 Å². The average molecular weight is 478 g/mol. The van der Waals surface area contributed by atoms with Gasteiger partial charge in [-0.3, -0.25) is 9.59 Å². The van der Waals surface area contributed by atoms with Crippen LogP contribution in [0, 0.1) is 13.8 Å². The number of amides is 3. The predicted molar refractivity (Wildman–Crippen MR) is 133 cm³/mol. The first kappa shape index (κ1) is 29.4. The molecule has 1 rings (SSSR count). The van der Waals surface area contributed by atoms with Crippen molar-refractivity contribution in [1.29, 1.82) is 0 Å². The Morgan fingerprint density at radius 3 is 2.00 bits per heavy atom. The van der Waals surface area contributed by atoms with E-state index in [0.717, 1.165) is 16.7 Å². The third-order valence-corrected chi connectivity index (χ3v) is 5.33. The van der Waals surface area contributed by atoms with Gasteiger partial charge < -0.3 is 25.4 Å². The van der Waals surface area contributed by atoms with Crippen LogP contribution >= 0.6 is 0 Å². The fourth-order valence-electron chi connectivity index (χ4n) is 3.70. The summed E-state index contributed by atoms with van der Waals surface area (Å²) in [5.41, 5.74) is 1.18. The summed E-state index contributed by atoms with van der Waals surface area (Å²) in [5, 5.41) is 15.5. The number of hydrogen-bond donors (Lipinski definition) is 3. The number of aliphatic hydroxyl groups excluding tert-OH is 1. The molecule has 0 saturated heterocycles. The first-order valence-corrected chi connectivity index (χ1v) is 11.8. The van der Waals surface area contributed by atoms with Crippen LogP contribution in [0.3, 0.4) is 0 Å². The zero-order chi connectivity index (χ0) is 26.4. The summed E-state index contributed by atoms with van der Waals surface area (Å²) in [5.74, 6) is -0.882. The van der Waals surface area contributed by atoms with Crippen molar-refractivity contribution in [2.75, 3.05) is 6.61 Å². The van der Waals surface area contributed by atoms with Gasteiger partial charge in [0.15, 0.2) is 0 Å². The van der Waals surface area contributed by atoms with Gasteiger partial charge in [0.1, 0.15) is 17.7 Å². The molecule has 8 nitrogen and oxygen atoms in total. The summed E-state index contributed by atoms with van der Waals surface area (Å²) in [7, 11) is 0. The van der Waals surface area contributed by atoms with Gasteiger partial charge in [-0.2, -0.15) is 0 Å². The minimum Gasteiger partial charge on any atom is -0.444 e. The van der Waals surface area contributed by atoms with E-state index in [2.05, 4.69) is 10.6 Å². The van der Waals surface area contributed by atoms with Gasteiger partial charge in [0.25, 0.3) is 0 Å². The van der Waals surface area contributed by atoms with Crippen molar-refractivity contribution in [3.8, 4) is 0 Å². The maximum atomic E-state index is 13.8. The third kappa shape index (κ3) is 8.31. The second kappa shape index (κ2) is 11.7. The number of rotatable bonds is 8. The van der Waals surface area contributed by atoms with Crippen molar-refractivity contribution in [3.05, 3.63) is 34.9 Å². The summed E-state index contributed by atoms with van der Waals surface area (Å²) < 4.78 is 5.27. The molecule has 34 heavy (non-hydrogen) atoms. The number of nitrogens with zero attached hydrogens (tertiary/aromatic N) is 1. The van der Waals surface area contributed by atoms with Crippen molar-refractivity contribution in [2.45, 2.75) is 105 Å². The second-order valence-corrected chi connectivity index (χ2v) is 10.8. The second-order valence-electron chi connectivity index (χ2n) is 10.8. The highest BCUT2D eigenvalue weighted by Crippen LogP contribution is 2.31. The van der Waals surface area contributed by atoms with Crippen molar-refractivity contribution in [3.63, 3.8) is 0 Å². The summed E-state index contributed by atoms with van der Waals surface area (Å²) in [6.45, 7) is 17.7. The minimum atomic E-state index is -1.27. The van der Waals surface area contributed by atoms with E-state index in [-0.39, 0.29) is 11.9 Å². The molecule has 3 unspecified atom stereocenters. The zero-order valence-corrected chi connectivity index (χ0v) is 22.4. The van der Waals surface area contributed by atoms with E-state index in [1.165, 1.54) is 4.90 Å². The lowest BCUT2D eigenvalue weighted by Crippen LogP contribution is -2.58. The van der Waals surface area contributed by atoms with Crippen molar-refractivity contribution in [1.82, 2.24) is 15.5 Å². The number of hydrogen-bond acceptors (Lipinski definition) is 5. The highest BCUT2D eigenvalue weighted by molar-refractivity contribution is 5.93. The highest BCUT2D eigenvalue weighted by atomic mass is 16.6. The molecule has 0 fully saturated rings. The lowest BCUT2D eigenvalue weighted by Gasteiger charge is -2.40. The molecule has 3 amide bonds. The Hall–Kier alpha value is -2.61. The molecule has 0 radical (unpaired) electrons. The third-order valence-electron chi connectivity index (χ3n) is 5.33. The molecule has 0 aliphatic heterocycles. The number of aryl methyl sites for hydroxylation is 2. The van der Waals surface area contributed by atoms with E-state index in [1.54, 1.807) is 20.8 Å². The SMILES string of the molecule is CCC(C)N(C(=O)C(CO)NC(=O)OC(C)(C)C)C(C(=O)NC(C)(C)C)c1c(C)cccc1C. The summed E-state index contributed by atoms with van der Waals surface area (Å²) in [4.78, 5) is 41.3. The molecule has 0 heterocycles. The highest BCUT2D eigenvalue weighted by Gasteiger charge is 2.40. The van der Waals surface area contributed by atoms with Crippen LogP contribution in [0.2, 0.25) is 0 Å². The number of ether oxygens (including phenoxy) is 1. The summed E-state index contributed by atoms with van der Waals surface area (Å²) >= 11 is 0. The van der Waals surface area contributed by atoms with Crippen LogP contribution in [-0.2, 0) is 14.3 Å². The number of aliphatic hydroxyl groups is 1. The van der Waals surface area contributed by atoms with Crippen LogP contribution in [0.5, 0.6) is 0 Å². The molecule has 0 aliphatic rings. The predicted octanol–water partition coefficient (Wildman–Crippen LogP) is 3.77. The maximum absolute atomic E-state index is 13.8. The number of benzene rings is 1. The molecular formula is C26H43N3O5. The van der Waals surface area contributed by atoms with Crippen LogP contribution in [0.25, 0.3) is 0 Å². The van der Waals surface area contributed by atoms with Gasteiger partial charge in [0.2, 0.25) is 11.8 Å². The average Bonchev–Trinajstić information content (AvgIpc) is 2.67. The Morgan fingerprint density at radius 2 is 1.59 bits per heavy atom. The fraction of sp³-hybridized carbons (Fsp3) is 0.654. The van der Waals surface area contributed by atoms with Gasteiger partial charge in [-0.05, 0) is 85.4 Å². The maximum Gasteiger partial charge on any atom is 0.408 e. The Morgan fingerprint density at radius 1 is 1.06 bits per heavy atom.